The normalized spacial score (nSPS) is 32.2. The van der Waals surface area contributed by atoms with Crippen molar-refractivity contribution < 1.29 is 38.6 Å². The molecule has 3 unspecified atom stereocenters. The maximum atomic E-state index is 14.1. The number of rotatable bonds is 24. The molecule has 322 valence electrons. The zero-order valence-electron chi connectivity index (χ0n) is 37.1. The first-order valence-electron chi connectivity index (χ1n) is 23.1. The molecular formula is C49H78O8. The summed E-state index contributed by atoms with van der Waals surface area (Å²) in [6.45, 7) is 15.3. The van der Waals surface area contributed by atoms with Crippen molar-refractivity contribution in [2.24, 2.45) is 34.5 Å². The van der Waals surface area contributed by atoms with Crippen LogP contribution in [0, 0.1) is 34.5 Å². The summed E-state index contributed by atoms with van der Waals surface area (Å²) in [5.74, 6) is -1.87. The number of fused-ring (bicyclic) bond motifs is 1. The minimum Gasteiger partial charge on any atom is -0.461 e. The Morgan fingerprint density at radius 3 is 1.93 bits per heavy atom. The van der Waals surface area contributed by atoms with E-state index in [1.165, 1.54) is 45.4 Å². The van der Waals surface area contributed by atoms with Gasteiger partial charge in [0.1, 0.15) is 23.3 Å². The Balaban J connectivity index is 1.74. The predicted molar refractivity (Wildman–Crippen MR) is 225 cm³/mol. The highest BCUT2D eigenvalue weighted by atomic mass is 16.6. The summed E-state index contributed by atoms with van der Waals surface area (Å²) < 4.78 is 13.0. The number of Topliss-reactive ketones (excluding diaryl/α,β-unsaturated/α-hetero) is 3. The molecule has 4 aliphatic rings. The van der Waals surface area contributed by atoms with Crippen LogP contribution in [-0.2, 0) is 33.4 Å². The molecule has 3 fully saturated rings. The van der Waals surface area contributed by atoms with Crippen molar-refractivity contribution in [3.63, 3.8) is 0 Å². The average Bonchev–Trinajstić information content (AvgIpc) is 3.87. The van der Waals surface area contributed by atoms with E-state index in [9.17, 15) is 29.1 Å². The number of ether oxygens (including phenoxy) is 2. The molecular weight excluding hydrogens is 717 g/mol. The van der Waals surface area contributed by atoms with Crippen LogP contribution < -0.4 is 0 Å². The summed E-state index contributed by atoms with van der Waals surface area (Å²) >= 11 is 0. The van der Waals surface area contributed by atoms with Crippen LogP contribution in [0.3, 0.4) is 0 Å². The molecule has 0 aliphatic heterocycles. The van der Waals surface area contributed by atoms with Crippen molar-refractivity contribution in [1.82, 2.24) is 0 Å². The number of hydrogen-bond acceptors (Lipinski definition) is 8. The Morgan fingerprint density at radius 2 is 1.39 bits per heavy atom. The van der Waals surface area contributed by atoms with Gasteiger partial charge in [-0.25, -0.2) is 0 Å². The van der Waals surface area contributed by atoms with E-state index >= 15 is 0 Å². The van der Waals surface area contributed by atoms with Gasteiger partial charge < -0.3 is 14.6 Å². The largest absolute Gasteiger partial charge is 0.461 e. The number of carbonyl (C=O) groups excluding carboxylic acids is 5. The molecule has 0 aromatic rings. The van der Waals surface area contributed by atoms with Gasteiger partial charge in [0.2, 0.25) is 0 Å². The monoisotopic (exact) mass is 795 g/mol. The summed E-state index contributed by atoms with van der Waals surface area (Å²) in [5, 5.41) is 12.3. The molecule has 3 saturated carbocycles. The average molecular weight is 795 g/mol. The van der Waals surface area contributed by atoms with Crippen molar-refractivity contribution in [1.29, 1.82) is 0 Å². The van der Waals surface area contributed by atoms with Gasteiger partial charge in [-0.05, 0) is 70.3 Å². The minimum atomic E-state index is -1.21. The first kappa shape index (κ1) is 47.1. The lowest BCUT2D eigenvalue weighted by atomic mass is 9.61. The fraction of sp³-hybridized carbons (Fsp3) is 0.816. The molecule has 4 aliphatic carbocycles. The van der Waals surface area contributed by atoms with Crippen LogP contribution in [-0.4, -0.2) is 52.2 Å². The molecule has 0 aromatic heterocycles. The number of carbonyl (C=O) groups is 5. The van der Waals surface area contributed by atoms with E-state index in [1.54, 1.807) is 6.92 Å². The molecule has 0 aromatic carbocycles. The van der Waals surface area contributed by atoms with Gasteiger partial charge in [-0.1, -0.05) is 128 Å². The number of aliphatic hydroxyl groups excluding tert-OH is 1. The number of unbranched alkanes of at least 4 members (excludes halogenated alkanes) is 13. The number of allylic oxidation sites excluding steroid dienone is 3. The highest BCUT2D eigenvalue weighted by molar-refractivity contribution is 5.94. The number of esters is 2. The molecule has 1 spiro atoms. The molecule has 0 amide bonds. The Morgan fingerprint density at radius 1 is 0.825 bits per heavy atom. The summed E-state index contributed by atoms with van der Waals surface area (Å²) in [6.07, 6.45) is 19.2. The maximum Gasteiger partial charge on any atom is 0.306 e. The second-order valence-corrected chi connectivity index (χ2v) is 18.9. The Hall–Kier alpha value is -2.61. The van der Waals surface area contributed by atoms with Gasteiger partial charge in [0.25, 0.3) is 0 Å². The molecule has 9 atom stereocenters. The number of hydrogen-bond donors (Lipinski definition) is 1. The maximum absolute atomic E-state index is 14.1. The number of ketones is 3. The summed E-state index contributed by atoms with van der Waals surface area (Å²) in [5.41, 5.74) is -0.525. The van der Waals surface area contributed by atoms with E-state index in [-0.39, 0.29) is 67.3 Å². The van der Waals surface area contributed by atoms with E-state index in [2.05, 4.69) is 20.8 Å². The summed E-state index contributed by atoms with van der Waals surface area (Å²) in [4.78, 5) is 68.1. The van der Waals surface area contributed by atoms with Crippen molar-refractivity contribution in [2.75, 3.05) is 0 Å². The van der Waals surface area contributed by atoms with Crippen LogP contribution in [0.1, 0.15) is 203 Å². The van der Waals surface area contributed by atoms with Crippen LogP contribution in [0.2, 0.25) is 0 Å². The second-order valence-electron chi connectivity index (χ2n) is 18.9. The lowest BCUT2D eigenvalue weighted by molar-refractivity contribution is -0.182. The Kier molecular flexibility index (Phi) is 17.4. The Bertz CT molecular complexity index is 1490. The van der Waals surface area contributed by atoms with Crippen molar-refractivity contribution >= 4 is 29.3 Å². The first-order chi connectivity index (χ1) is 27.1. The number of aliphatic hydroxyl groups is 1. The molecule has 0 heterocycles. The van der Waals surface area contributed by atoms with Gasteiger partial charge >= 0.3 is 11.9 Å². The highest BCUT2D eigenvalue weighted by Crippen LogP contribution is 2.79. The summed E-state index contributed by atoms with van der Waals surface area (Å²) in [7, 11) is 0. The summed E-state index contributed by atoms with van der Waals surface area (Å²) in [6, 6.07) is 0. The molecule has 1 N–H and O–H groups in total. The van der Waals surface area contributed by atoms with Gasteiger partial charge in [0.05, 0.1) is 6.10 Å². The zero-order valence-corrected chi connectivity index (χ0v) is 37.1. The third kappa shape index (κ3) is 10.6. The van der Waals surface area contributed by atoms with E-state index < -0.39 is 46.4 Å². The fourth-order valence-corrected chi connectivity index (χ4v) is 11.7. The van der Waals surface area contributed by atoms with Gasteiger partial charge in [0, 0.05) is 61.7 Å². The second kappa shape index (κ2) is 21.1. The SMILES string of the molecule is C/C=C(/CC1=C2[C@H]([C@H](CC(=O)CCCCCCC)[C@H]1C)[C@@](C)(OC(C)=O)C[C@H](OC(=O)CCCCCCCCCCCC)[C@]1(C)C(O)CCC(=O)C3CC231)C(C)=O. The smallest absolute Gasteiger partial charge is 0.306 e. The molecule has 8 nitrogen and oxygen atoms in total. The molecule has 0 saturated heterocycles. The van der Waals surface area contributed by atoms with Gasteiger partial charge in [0.15, 0.2) is 5.78 Å². The Labute approximate surface area is 345 Å². The lowest BCUT2D eigenvalue weighted by Crippen LogP contribution is -2.52. The van der Waals surface area contributed by atoms with Crippen LogP contribution in [0.25, 0.3) is 0 Å². The van der Waals surface area contributed by atoms with Crippen LogP contribution >= 0.6 is 0 Å². The lowest BCUT2D eigenvalue weighted by Gasteiger charge is -2.46. The van der Waals surface area contributed by atoms with E-state index in [4.69, 9.17) is 9.47 Å². The third-order valence-electron chi connectivity index (χ3n) is 14.9. The molecule has 0 radical (unpaired) electrons. The molecule has 57 heavy (non-hydrogen) atoms. The van der Waals surface area contributed by atoms with Crippen molar-refractivity contribution in [3.8, 4) is 0 Å². The molecule has 4 rings (SSSR count). The van der Waals surface area contributed by atoms with E-state index in [1.807, 2.05) is 26.8 Å². The van der Waals surface area contributed by atoms with Crippen LogP contribution in [0.15, 0.2) is 22.8 Å². The molecule has 8 heteroatoms. The van der Waals surface area contributed by atoms with Gasteiger partial charge in [-0.15, -0.1) is 0 Å². The standard InChI is InChI=1S/C49H78O8/c1-9-12-14-16-17-18-19-20-22-24-26-44(55)56-43-32-47(7,57-35(6)51)45-39(30-37(52)25-23-21-15-13-10-2)33(4)38(29-36(11-3)34(5)50)46(45)49-31-40(49)41(53)27-28-42(54)48(43,49)8/h11,33,39-40,42-43,45,54H,9-10,12-32H2,1-8H3/b36-11-/t33-,39+,40?,42?,43-,45-,47-,48-,49?/m0/s1. The predicted octanol–water partition coefficient (Wildman–Crippen LogP) is 11.1. The topological polar surface area (TPSA) is 124 Å². The zero-order chi connectivity index (χ0) is 42.0. The van der Waals surface area contributed by atoms with Gasteiger partial charge in [-0.3, -0.25) is 24.0 Å². The van der Waals surface area contributed by atoms with Crippen LogP contribution in [0.4, 0.5) is 0 Å². The van der Waals surface area contributed by atoms with E-state index in [0.717, 1.165) is 62.5 Å². The van der Waals surface area contributed by atoms with Gasteiger partial charge in [-0.2, -0.15) is 0 Å². The minimum absolute atomic E-state index is 0.0410. The van der Waals surface area contributed by atoms with Crippen molar-refractivity contribution in [2.45, 2.75) is 221 Å². The van der Waals surface area contributed by atoms with Crippen molar-refractivity contribution in [3.05, 3.63) is 22.8 Å². The van der Waals surface area contributed by atoms with Crippen LogP contribution in [0.5, 0.6) is 0 Å². The van der Waals surface area contributed by atoms with E-state index in [0.29, 0.717) is 31.3 Å². The quantitative estimate of drug-likeness (QED) is 0.0443. The molecule has 0 bridgehead atoms. The fourth-order valence-electron chi connectivity index (χ4n) is 11.7. The highest BCUT2D eigenvalue weighted by Gasteiger charge is 2.79. The first-order valence-corrected chi connectivity index (χ1v) is 23.1. The third-order valence-corrected chi connectivity index (χ3v) is 14.9.